The van der Waals surface area contributed by atoms with Crippen molar-refractivity contribution in [1.29, 1.82) is 0 Å². The third-order valence-electron chi connectivity index (χ3n) is 4.88. The average Bonchev–Trinajstić information content (AvgIpc) is 2.67. The van der Waals surface area contributed by atoms with Gasteiger partial charge in [-0.3, -0.25) is 4.79 Å². The summed E-state index contributed by atoms with van der Waals surface area (Å²) >= 11 is 5.68. The van der Waals surface area contributed by atoms with Crippen molar-refractivity contribution in [2.24, 2.45) is 5.92 Å². The monoisotopic (exact) mass is 407 g/mol. The molecule has 0 radical (unpaired) electrons. The Morgan fingerprint density at radius 1 is 1.03 bits per heavy atom. The maximum Gasteiger partial charge on any atom is 0.253 e. The highest BCUT2D eigenvalue weighted by molar-refractivity contribution is 7.80. The molecule has 0 amide bonds. The minimum atomic E-state index is -0.0661. The van der Waals surface area contributed by atoms with Gasteiger partial charge in [0.1, 0.15) is 0 Å². The van der Waals surface area contributed by atoms with E-state index in [2.05, 4.69) is 66.3 Å². The minimum absolute atomic E-state index is 0.0661. The largest absolute Gasteiger partial charge is 0.362 e. The van der Waals surface area contributed by atoms with E-state index in [1.54, 1.807) is 0 Å². The van der Waals surface area contributed by atoms with Crippen molar-refractivity contribution in [3.05, 3.63) is 81.1 Å². The first-order valence-electron chi connectivity index (χ1n) is 10.0. The van der Waals surface area contributed by atoms with Gasteiger partial charge in [0.15, 0.2) is 5.11 Å². The summed E-state index contributed by atoms with van der Waals surface area (Å²) in [4.78, 5) is 17.8. The molecule has 5 heteroatoms. The zero-order chi connectivity index (χ0) is 21.0. The second kappa shape index (κ2) is 9.23. The van der Waals surface area contributed by atoms with E-state index in [-0.39, 0.29) is 5.56 Å². The summed E-state index contributed by atoms with van der Waals surface area (Å²) in [7, 11) is 0. The molecule has 0 spiro atoms. The van der Waals surface area contributed by atoms with Crippen LogP contribution in [0.1, 0.15) is 36.1 Å². The lowest BCUT2D eigenvalue weighted by Crippen LogP contribution is -2.41. The number of aryl methyl sites for hydroxylation is 2. The van der Waals surface area contributed by atoms with Crippen LogP contribution in [-0.2, 0) is 13.1 Å². The Kier molecular flexibility index (Phi) is 6.70. The van der Waals surface area contributed by atoms with Crippen molar-refractivity contribution in [3.8, 4) is 0 Å². The molecule has 0 unspecified atom stereocenters. The van der Waals surface area contributed by atoms with Gasteiger partial charge in [0, 0.05) is 24.2 Å². The zero-order valence-corrected chi connectivity index (χ0v) is 18.4. The number of hydrogen-bond acceptors (Lipinski definition) is 2. The molecule has 0 atom stereocenters. The molecular formula is C24H29N3OS. The van der Waals surface area contributed by atoms with Gasteiger partial charge in [-0.15, -0.1) is 0 Å². The van der Waals surface area contributed by atoms with Crippen LogP contribution in [0.15, 0.2) is 53.3 Å². The van der Waals surface area contributed by atoms with Crippen molar-refractivity contribution in [1.82, 2.24) is 15.2 Å². The second-order valence-electron chi connectivity index (χ2n) is 8.14. The van der Waals surface area contributed by atoms with E-state index in [0.717, 1.165) is 28.6 Å². The van der Waals surface area contributed by atoms with E-state index < -0.39 is 0 Å². The van der Waals surface area contributed by atoms with Gasteiger partial charge in [0.2, 0.25) is 0 Å². The Hall–Kier alpha value is -2.66. The van der Waals surface area contributed by atoms with Crippen molar-refractivity contribution < 1.29 is 0 Å². The molecule has 2 aromatic carbocycles. The number of aromatic nitrogens is 1. The normalized spacial score (nSPS) is 11.1. The zero-order valence-electron chi connectivity index (χ0n) is 17.6. The maximum atomic E-state index is 12.7. The fraction of sp³-hybridized carbons (Fsp3) is 0.333. The van der Waals surface area contributed by atoms with Crippen LogP contribution >= 0.6 is 12.2 Å². The van der Waals surface area contributed by atoms with Crippen molar-refractivity contribution in [2.45, 2.75) is 40.8 Å². The second-order valence-corrected chi connectivity index (χ2v) is 8.52. The molecule has 0 fully saturated rings. The highest BCUT2D eigenvalue weighted by Gasteiger charge is 2.14. The van der Waals surface area contributed by atoms with Crippen molar-refractivity contribution in [2.75, 3.05) is 6.54 Å². The Morgan fingerprint density at radius 3 is 2.41 bits per heavy atom. The molecule has 0 aliphatic carbocycles. The molecule has 152 valence electrons. The highest BCUT2D eigenvalue weighted by atomic mass is 32.1. The van der Waals surface area contributed by atoms with E-state index in [4.69, 9.17) is 12.2 Å². The Morgan fingerprint density at radius 2 is 1.72 bits per heavy atom. The summed E-state index contributed by atoms with van der Waals surface area (Å²) in [5, 5.41) is 5.04. The fourth-order valence-electron chi connectivity index (χ4n) is 3.20. The number of H-pyrrole nitrogens is 1. The molecule has 4 nitrogen and oxygen atoms in total. The molecule has 0 aliphatic heterocycles. The van der Waals surface area contributed by atoms with Crippen LogP contribution in [0.4, 0.5) is 0 Å². The quantitative estimate of drug-likeness (QED) is 0.583. The first kappa shape index (κ1) is 21.1. The number of benzene rings is 2. The molecule has 2 N–H and O–H groups in total. The molecule has 1 aromatic heterocycles. The predicted molar refractivity (Wildman–Crippen MR) is 125 cm³/mol. The molecule has 1 heterocycles. The SMILES string of the molecule is Cc1ccc(CN(Cc2cc3ccc(C)cc3[nH]c2=O)C(=S)NCC(C)C)cc1. The lowest BCUT2D eigenvalue weighted by molar-refractivity contribution is 0.394. The smallest absolute Gasteiger partial charge is 0.253 e. The van der Waals surface area contributed by atoms with E-state index in [1.165, 1.54) is 5.56 Å². The molecule has 3 aromatic rings. The van der Waals surface area contributed by atoms with Crippen LogP contribution in [0, 0.1) is 19.8 Å². The highest BCUT2D eigenvalue weighted by Crippen LogP contribution is 2.15. The van der Waals surface area contributed by atoms with Gasteiger partial charge >= 0.3 is 0 Å². The molecular weight excluding hydrogens is 378 g/mol. The third kappa shape index (κ3) is 5.67. The third-order valence-corrected chi connectivity index (χ3v) is 5.28. The van der Waals surface area contributed by atoms with Gasteiger partial charge in [-0.05, 0) is 60.6 Å². The Bertz CT molecular complexity index is 1050. The van der Waals surface area contributed by atoms with Gasteiger partial charge < -0.3 is 15.2 Å². The molecule has 29 heavy (non-hydrogen) atoms. The van der Waals surface area contributed by atoms with E-state index in [1.807, 2.05) is 25.1 Å². The molecule has 0 aliphatic rings. The number of nitrogens with one attached hydrogen (secondary N) is 2. The lowest BCUT2D eigenvalue weighted by Gasteiger charge is -2.26. The number of nitrogens with zero attached hydrogens (tertiary/aromatic N) is 1. The Balaban J connectivity index is 1.88. The van der Waals surface area contributed by atoms with E-state index in [0.29, 0.717) is 29.7 Å². The summed E-state index contributed by atoms with van der Waals surface area (Å²) in [6.45, 7) is 10.3. The summed E-state index contributed by atoms with van der Waals surface area (Å²) in [6, 6.07) is 16.5. The number of aromatic amines is 1. The number of hydrogen-bond donors (Lipinski definition) is 2. The topological polar surface area (TPSA) is 48.1 Å². The Labute approximate surface area is 178 Å². The first-order chi connectivity index (χ1) is 13.8. The maximum absolute atomic E-state index is 12.7. The van der Waals surface area contributed by atoms with Crippen LogP contribution in [0.3, 0.4) is 0 Å². The average molecular weight is 408 g/mol. The number of pyridine rings is 1. The van der Waals surface area contributed by atoms with Gasteiger partial charge in [0.25, 0.3) is 5.56 Å². The van der Waals surface area contributed by atoms with Crippen LogP contribution in [0.5, 0.6) is 0 Å². The number of fused-ring (bicyclic) bond motifs is 1. The van der Waals surface area contributed by atoms with Gasteiger partial charge in [-0.1, -0.05) is 55.8 Å². The van der Waals surface area contributed by atoms with Crippen molar-refractivity contribution in [3.63, 3.8) is 0 Å². The molecule has 3 rings (SSSR count). The van der Waals surface area contributed by atoms with Gasteiger partial charge in [-0.2, -0.15) is 0 Å². The van der Waals surface area contributed by atoms with Crippen LogP contribution in [-0.4, -0.2) is 21.5 Å². The predicted octanol–water partition coefficient (Wildman–Crippen LogP) is 4.68. The summed E-state index contributed by atoms with van der Waals surface area (Å²) < 4.78 is 0. The summed E-state index contributed by atoms with van der Waals surface area (Å²) in [5.74, 6) is 0.487. The fourth-order valence-corrected chi connectivity index (χ4v) is 3.41. The van der Waals surface area contributed by atoms with Crippen molar-refractivity contribution >= 4 is 28.2 Å². The molecule has 0 saturated carbocycles. The van der Waals surface area contributed by atoms with Crippen LogP contribution in [0.25, 0.3) is 10.9 Å². The van der Waals surface area contributed by atoms with Gasteiger partial charge in [0.05, 0.1) is 6.54 Å². The number of rotatable bonds is 6. The number of thiocarbonyl (C=S) groups is 1. The van der Waals surface area contributed by atoms with Gasteiger partial charge in [-0.25, -0.2) is 0 Å². The standard InChI is InChI=1S/C24H29N3OS/c1-16(2)13-25-24(29)27(14-19-8-5-17(3)6-9-19)15-21-12-20-10-7-18(4)11-22(20)26-23(21)28/h5-12,16H,13-15H2,1-4H3,(H,25,29)(H,26,28). The van der Waals surface area contributed by atoms with Crippen LogP contribution < -0.4 is 10.9 Å². The van der Waals surface area contributed by atoms with E-state index >= 15 is 0 Å². The first-order valence-corrected chi connectivity index (χ1v) is 10.4. The summed E-state index contributed by atoms with van der Waals surface area (Å²) in [6.07, 6.45) is 0. The summed E-state index contributed by atoms with van der Waals surface area (Å²) in [5.41, 5.74) is 5.02. The van der Waals surface area contributed by atoms with Crippen LogP contribution in [0.2, 0.25) is 0 Å². The molecule has 0 saturated heterocycles. The lowest BCUT2D eigenvalue weighted by atomic mass is 10.1. The van der Waals surface area contributed by atoms with E-state index in [9.17, 15) is 4.79 Å². The minimum Gasteiger partial charge on any atom is -0.362 e. The molecule has 0 bridgehead atoms.